The van der Waals surface area contributed by atoms with Gasteiger partial charge in [0.1, 0.15) is 5.92 Å². The van der Waals surface area contributed by atoms with E-state index in [-0.39, 0.29) is 36.2 Å². The van der Waals surface area contributed by atoms with E-state index < -0.39 is 35.5 Å². The summed E-state index contributed by atoms with van der Waals surface area (Å²) in [4.78, 5) is 36.6. The Morgan fingerprint density at radius 1 is 1.36 bits per heavy atom. The monoisotopic (exact) mass is 359 g/mol. The Hall–Kier alpha value is -2.58. The molecule has 0 saturated carbocycles. The van der Waals surface area contributed by atoms with Crippen molar-refractivity contribution in [3.05, 3.63) is 28.8 Å². The minimum absolute atomic E-state index is 0.00857. The molecule has 1 aromatic rings. The van der Waals surface area contributed by atoms with Gasteiger partial charge in [0.15, 0.2) is 5.78 Å². The standard InChI is InChI=1S/C16H16F3NO5/c1-3-8-6-10-12(7-11(8)16(17,18)19)20(15(23)24)5-4-9(13(10)21)14(22)25-2/h6-7,9H,3-5H2,1-2H3,(H,23,24). The number of carbonyl (C=O) groups is 3. The molecule has 0 aliphatic carbocycles. The van der Waals surface area contributed by atoms with Crippen LogP contribution in [-0.4, -0.2) is 36.6 Å². The molecule has 1 N–H and O–H groups in total. The molecule has 0 saturated heterocycles. The molecule has 0 aromatic heterocycles. The Kier molecular flexibility index (Phi) is 5.05. The number of hydrogen-bond donors (Lipinski definition) is 1. The second kappa shape index (κ2) is 6.73. The van der Waals surface area contributed by atoms with E-state index in [2.05, 4.69) is 4.74 Å². The molecule has 1 atom stereocenters. The lowest BCUT2D eigenvalue weighted by Crippen LogP contribution is -2.31. The minimum atomic E-state index is -4.69. The molecule has 1 aliphatic heterocycles. The Bertz CT molecular complexity index is 729. The maximum Gasteiger partial charge on any atom is 0.416 e. The van der Waals surface area contributed by atoms with Crippen molar-refractivity contribution in [2.45, 2.75) is 25.9 Å². The molecule has 2 rings (SSSR count). The highest BCUT2D eigenvalue weighted by atomic mass is 19.4. The van der Waals surface area contributed by atoms with E-state index in [0.717, 1.165) is 13.2 Å². The highest BCUT2D eigenvalue weighted by molar-refractivity contribution is 6.13. The molecule has 1 aromatic carbocycles. The van der Waals surface area contributed by atoms with Crippen LogP contribution in [-0.2, 0) is 22.1 Å². The first-order valence-electron chi connectivity index (χ1n) is 7.48. The number of benzene rings is 1. The molecule has 6 nitrogen and oxygen atoms in total. The number of ether oxygens (including phenoxy) is 1. The topological polar surface area (TPSA) is 83.9 Å². The number of amides is 1. The normalized spacial score (nSPS) is 17.7. The Morgan fingerprint density at radius 2 is 2.00 bits per heavy atom. The average molecular weight is 359 g/mol. The lowest BCUT2D eigenvalue weighted by Gasteiger charge is -2.22. The molecule has 0 spiro atoms. The molecular weight excluding hydrogens is 343 g/mol. The van der Waals surface area contributed by atoms with Crippen molar-refractivity contribution in [3.63, 3.8) is 0 Å². The van der Waals surface area contributed by atoms with Crippen LogP contribution in [0.1, 0.15) is 34.8 Å². The maximum atomic E-state index is 13.3. The van der Waals surface area contributed by atoms with Crippen LogP contribution in [0.15, 0.2) is 12.1 Å². The molecule has 25 heavy (non-hydrogen) atoms. The Balaban J connectivity index is 2.72. The van der Waals surface area contributed by atoms with Crippen molar-refractivity contribution in [3.8, 4) is 0 Å². The molecule has 136 valence electrons. The number of aryl methyl sites for hydroxylation is 1. The van der Waals surface area contributed by atoms with E-state index in [9.17, 15) is 32.7 Å². The van der Waals surface area contributed by atoms with Gasteiger partial charge in [-0.05, 0) is 30.5 Å². The number of Topliss-reactive ketones (excluding diaryl/α,β-unsaturated/α-hetero) is 1. The number of nitrogens with zero attached hydrogens (tertiary/aromatic N) is 1. The number of halogens is 3. The second-order valence-corrected chi connectivity index (χ2v) is 5.54. The number of carbonyl (C=O) groups excluding carboxylic acids is 2. The highest BCUT2D eigenvalue weighted by Gasteiger charge is 2.40. The summed E-state index contributed by atoms with van der Waals surface area (Å²) in [6.07, 6.45) is -6.38. The van der Waals surface area contributed by atoms with Gasteiger partial charge in [-0.2, -0.15) is 13.2 Å². The molecule has 0 radical (unpaired) electrons. The zero-order valence-electron chi connectivity index (χ0n) is 13.5. The van der Waals surface area contributed by atoms with Crippen molar-refractivity contribution in [2.75, 3.05) is 18.6 Å². The molecule has 0 fully saturated rings. The van der Waals surface area contributed by atoms with E-state index >= 15 is 0 Å². The number of anilines is 1. The van der Waals surface area contributed by atoms with E-state index in [4.69, 9.17) is 0 Å². The Morgan fingerprint density at radius 3 is 2.48 bits per heavy atom. The van der Waals surface area contributed by atoms with Gasteiger partial charge in [-0.1, -0.05) is 6.92 Å². The summed E-state index contributed by atoms with van der Waals surface area (Å²) >= 11 is 0. The molecule has 0 bridgehead atoms. The lowest BCUT2D eigenvalue weighted by atomic mass is 9.92. The van der Waals surface area contributed by atoms with Crippen LogP contribution in [0.2, 0.25) is 0 Å². The van der Waals surface area contributed by atoms with Crippen LogP contribution in [0.3, 0.4) is 0 Å². The number of alkyl halides is 3. The summed E-state index contributed by atoms with van der Waals surface area (Å²) < 4.78 is 44.4. The number of esters is 1. The van der Waals surface area contributed by atoms with Crippen LogP contribution in [0, 0.1) is 5.92 Å². The fourth-order valence-electron chi connectivity index (χ4n) is 2.87. The zero-order chi connectivity index (χ0) is 18.9. The van der Waals surface area contributed by atoms with Gasteiger partial charge in [-0.3, -0.25) is 14.5 Å². The predicted molar refractivity (Wildman–Crippen MR) is 80.6 cm³/mol. The third-order valence-corrected chi connectivity index (χ3v) is 4.14. The summed E-state index contributed by atoms with van der Waals surface area (Å²) in [5, 5.41) is 9.32. The van der Waals surface area contributed by atoms with Gasteiger partial charge in [0, 0.05) is 12.1 Å². The van der Waals surface area contributed by atoms with Crippen LogP contribution < -0.4 is 4.90 Å². The summed E-state index contributed by atoms with van der Waals surface area (Å²) in [7, 11) is 1.08. The molecule has 9 heteroatoms. The first kappa shape index (κ1) is 18.8. The van der Waals surface area contributed by atoms with Crippen LogP contribution in [0.4, 0.5) is 23.7 Å². The molecular formula is C16H16F3NO5. The smallest absolute Gasteiger partial charge is 0.416 e. The van der Waals surface area contributed by atoms with Crippen molar-refractivity contribution in [2.24, 2.45) is 5.92 Å². The van der Waals surface area contributed by atoms with E-state index in [1.54, 1.807) is 0 Å². The third kappa shape index (κ3) is 3.45. The first-order valence-corrected chi connectivity index (χ1v) is 7.48. The number of fused-ring (bicyclic) bond motifs is 1. The number of carboxylic acid groups (broad SMARTS) is 1. The summed E-state index contributed by atoms with van der Waals surface area (Å²) in [5.41, 5.74) is -1.73. The minimum Gasteiger partial charge on any atom is -0.468 e. The number of hydrogen-bond acceptors (Lipinski definition) is 4. The molecule has 1 aliphatic rings. The SMILES string of the molecule is CCc1cc2c(cc1C(F)(F)F)N(C(=O)O)CCC(C(=O)OC)C2=O. The van der Waals surface area contributed by atoms with Gasteiger partial charge in [0.2, 0.25) is 0 Å². The number of ketones is 1. The van der Waals surface area contributed by atoms with Crippen molar-refractivity contribution in [1.29, 1.82) is 0 Å². The van der Waals surface area contributed by atoms with Gasteiger partial charge in [0.05, 0.1) is 18.4 Å². The molecule has 1 unspecified atom stereocenters. The van der Waals surface area contributed by atoms with E-state index in [1.165, 1.54) is 6.92 Å². The van der Waals surface area contributed by atoms with Gasteiger partial charge >= 0.3 is 18.2 Å². The number of methoxy groups -OCH3 is 1. The van der Waals surface area contributed by atoms with E-state index in [0.29, 0.717) is 11.0 Å². The average Bonchev–Trinajstić information content (AvgIpc) is 2.69. The lowest BCUT2D eigenvalue weighted by molar-refractivity contribution is -0.143. The van der Waals surface area contributed by atoms with Crippen LogP contribution in [0.25, 0.3) is 0 Å². The van der Waals surface area contributed by atoms with Gasteiger partial charge < -0.3 is 9.84 Å². The fraction of sp³-hybridized carbons (Fsp3) is 0.438. The van der Waals surface area contributed by atoms with Crippen LogP contribution >= 0.6 is 0 Å². The summed E-state index contributed by atoms with van der Waals surface area (Å²) in [6, 6.07) is 1.69. The summed E-state index contributed by atoms with van der Waals surface area (Å²) in [5.74, 6) is -2.84. The van der Waals surface area contributed by atoms with Crippen LogP contribution in [0.5, 0.6) is 0 Å². The zero-order valence-corrected chi connectivity index (χ0v) is 13.5. The first-order chi connectivity index (χ1) is 11.6. The maximum absolute atomic E-state index is 13.3. The van der Waals surface area contributed by atoms with Gasteiger partial charge in [0.25, 0.3) is 0 Å². The van der Waals surface area contributed by atoms with E-state index in [1.807, 2.05) is 0 Å². The largest absolute Gasteiger partial charge is 0.468 e. The van der Waals surface area contributed by atoms with Gasteiger partial charge in [-0.25, -0.2) is 4.79 Å². The predicted octanol–water partition coefficient (Wildman–Crippen LogP) is 3.13. The molecule has 1 amide bonds. The van der Waals surface area contributed by atoms with Gasteiger partial charge in [-0.15, -0.1) is 0 Å². The molecule has 1 heterocycles. The van der Waals surface area contributed by atoms with Crippen molar-refractivity contribution in [1.82, 2.24) is 0 Å². The van der Waals surface area contributed by atoms with Crippen molar-refractivity contribution < 1.29 is 37.4 Å². The number of rotatable bonds is 2. The Labute approximate surface area is 141 Å². The fourth-order valence-corrected chi connectivity index (χ4v) is 2.87. The second-order valence-electron chi connectivity index (χ2n) is 5.54. The van der Waals surface area contributed by atoms with Crippen molar-refractivity contribution >= 4 is 23.5 Å². The quantitative estimate of drug-likeness (QED) is 0.648. The summed E-state index contributed by atoms with van der Waals surface area (Å²) in [6.45, 7) is 1.20. The third-order valence-electron chi connectivity index (χ3n) is 4.14. The highest BCUT2D eigenvalue weighted by Crippen LogP contribution is 2.39.